The lowest BCUT2D eigenvalue weighted by Crippen LogP contribution is -2.30. The zero-order valence-electron chi connectivity index (χ0n) is 12.3. The van der Waals surface area contributed by atoms with Crippen LogP contribution in [0.2, 0.25) is 0 Å². The van der Waals surface area contributed by atoms with E-state index in [1.54, 1.807) is 0 Å². The maximum Gasteiger partial charge on any atom is 0.144 e. The highest BCUT2D eigenvalue weighted by atomic mass is 16.5. The van der Waals surface area contributed by atoms with E-state index < -0.39 is 0 Å². The Bertz CT molecular complexity index is 428. The molecule has 0 aliphatic heterocycles. The molecule has 0 saturated heterocycles. The third kappa shape index (κ3) is 3.37. The molecule has 0 unspecified atom stereocenters. The van der Waals surface area contributed by atoms with Gasteiger partial charge in [-0.25, -0.2) is 0 Å². The predicted molar refractivity (Wildman–Crippen MR) is 83.1 cm³/mol. The fraction of sp³-hybridized carbons (Fsp3) is 0.625. The summed E-state index contributed by atoms with van der Waals surface area (Å²) in [6, 6.07) is 5.81. The summed E-state index contributed by atoms with van der Waals surface area (Å²) in [4.78, 5) is 0. The summed E-state index contributed by atoms with van der Waals surface area (Å²) in [5, 5.41) is 13.0. The van der Waals surface area contributed by atoms with Gasteiger partial charge < -0.3 is 20.9 Å². The molecule has 0 aromatic heterocycles. The molecule has 1 aliphatic rings. The van der Waals surface area contributed by atoms with E-state index in [4.69, 9.17) is 10.5 Å². The van der Waals surface area contributed by atoms with Crippen LogP contribution in [0.15, 0.2) is 18.2 Å². The van der Waals surface area contributed by atoms with E-state index in [1.807, 2.05) is 18.2 Å². The Morgan fingerprint density at radius 2 is 2.10 bits per heavy atom. The van der Waals surface area contributed by atoms with Gasteiger partial charge in [-0.3, -0.25) is 0 Å². The number of nitrogen functional groups attached to an aromatic ring is 1. The standard InChI is InChI=1S/C16H26N2O2/c1-2-10-20-14-7-5-6-13(15(14)17)18-11-16(12-19)8-3-4-9-16/h5-7,18-19H,2-4,8-12,17H2,1H3. The molecule has 1 aromatic rings. The molecule has 4 heteroatoms. The number of aliphatic hydroxyl groups is 1. The second-order valence-corrected chi connectivity index (χ2v) is 5.78. The van der Waals surface area contributed by atoms with Gasteiger partial charge in [0.05, 0.1) is 24.6 Å². The summed E-state index contributed by atoms with van der Waals surface area (Å²) in [6.45, 7) is 3.76. The van der Waals surface area contributed by atoms with Gasteiger partial charge in [-0.1, -0.05) is 25.8 Å². The molecule has 0 heterocycles. The zero-order valence-corrected chi connectivity index (χ0v) is 12.3. The first-order valence-electron chi connectivity index (χ1n) is 7.57. The summed E-state index contributed by atoms with van der Waals surface area (Å²) < 4.78 is 5.64. The average molecular weight is 278 g/mol. The Morgan fingerprint density at radius 1 is 1.35 bits per heavy atom. The first kappa shape index (κ1) is 15.0. The zero-order chi connectivity index (χ0) is 14.4. The number of rotatable bonds is 7. The van der Waals surface area contributed by atoms with Crippen LogP contribution >= 0.6 is 0 Å². The van der Waals surface area contributed by atoms with E-state index in [0.29, 0.717) is 12.3 Å². The fourth-order valence-corrected chi connectivity index (χ4v) is 2.83. The molecule has 0 bridgehead atoms. The number of anilines is 2. The molecular formula is C16H26N2O2. The first-order chi connectivity index (χ1) is 9.71. The third-order valence-electron chi connectivity index (χ3n) is 4.18. The molecule has 1 aliphatic carbocycles. The number of benzene rings is 1. The lowest BCUT2D eigenvalue weighted by molar-refractivity contribution is 0.142. The summed E-state index contributed by atoms with van der Waals surface area (Å²) in [7, 11) is 0. The maximum atomic E-state index is 9.64. The van der Waals surface area contributed by atoms with E-state index in [0.717, 1.165) is 37.2 Å². The van der Waals surface area contributed by atoms with Gasteiger partial charge in [-0.15, -0.1) is 0 Å². The van der Waals surface area contributed by atoms with Crippen LogP contribution in [0.4, 0.5) is 11.4 Å². The Morgan fingerprint density at radius 3 is 2.75 bits per heavy atom. The molecule has 0 atom stereocenters. The molecule has 0 amide bonds. The SMILES string of the molecule is CCCOc1cccc(NCC2(CO)CCCC2)c1N. The second-order valence-electron chi connectivity index (χ2n) is 5.78. The molecule has 1 fully saturated rings. The Balaban J connectivity index is 2.02. The van der Waals surface area contributed by atoms with Crippen LogP contribution in [0.3, 0.4) is 0 Å². The van der Waals surface area contributed by atoms with Gasteiger partial charge in [0.2, 0.25) is 0 Å². The smallest absolute Gasteiger partial charge is 0.144 e. The molecule has 0 radical (unpaired) electrons. The average Bonchev–Trinajstić information content (AvgIpc) is 2.94. The van der Waals surface area contributed by atoms with Crippen molar-refractivity contribution in [3.63, 3.8) is 0 Å². The van der Waals surface area contributed by atoms with Gasteiger partial charge in [-0.05, 0) is 31.4 Å². The molecule has 4 N–H and O–H groups in total. The quantitative estimate of drug-likeness (QED) is 0.671. The van der Waals surface area contributed by atoms with E-state index in [-0.39, 0.29) is 12.0 Å². The summed E-state index contributed by atoms with van der Waals surface area (Å²) in [5.74, 6) is 0.737. The number of nitrogens with one attached hydrogen (secondary N) is 1. The number of aliphatic hydroxyl groups excluding tert-OH is 1. The lowest BCUT2D eigenvalue weighted by atomic mass is 9.87. The number of hydrogen-bond donors (Lipinski definition) is 3. The van der Waals surface area contributed by atoms with Crippen LogP contribution in [-0.4, -0.2) is 24.9 Å². The summed E-state index contributed by atoms with van der Waals surface area (Å²) in [6.07, 6.45) is 5.55. The van der Waals surface area contributed by atoms with E-state index in [2.05, 4.69) is 12.2 Å². The van der Waals surface area contributed by atoms with Crippen LogP contribution in [0.25, 0.3) is 0 Å². The van der Waals surface area contributed by atoms with Crippen molar-refractivity contribution in [1.82, 2.24) is 0 Å². The largest absolute Gasteiger partial charge is 0.491 e. The molecular weight excluding hydrogens is 252 g/mol. The van der Waals surface area contributed by atoms with Crippen molar-refractivity contribution in [2.24, 2.45) is 5.41 Å². The van der Waals surface area contributed by atoms with Gasteiger partial charge >= 0.3 is 0 Å². The van der Waals surface area contributed by atoms with Gasteiger partial charge in [0, 0.05) is 12.0 Å². The van der Waals surface area contributed by atoms with Crippen LogP contribution in [0.5, 0.6) is 5.75 Å². The molecule has 4 nitrogen and oxygen atoms in total. The summed E-state index contributed by atoms with van der Waals surface area (Å²) >= 11 is 0. The fourth-order valence-electron chi connectivity index (χ4n) is 2.83. The van der Waals surface area contributed by atoms with Crippen molar-refractivity contribution in [2.45, 2.75) is 39.0 Å². The lowest BCUT2D eigenvalue weighted by Gasteiger charge is -2.27. The third-order valence-corrected chi connectivity index (χ3v) is 4.18. The summed E-state index contributed by atoms with van der Waals surface area (Å²) in [5.41, 5.74) is 7.72. The van der Waals surface area contributed by atoms with Gasteiger partial charge in [-0.2, -0.15) is 0 Å². The molecule has 1 saturated carbocycles. The Kier molecular flexibility index (Phi) is 5.12. The van der Waals surface area contributed by atoms with Crippen LogP contribution in [0, 0.1) is 5.41 Å². The minimum atomic E-state index is 0.0206. The van der Waals surface area contributed by atoms with E-state index >= 15 is 0 Å². The molecule has 2 rings (SSSR count). The number of nitrogens with two attached hydrogens (primary N) is 1. The van der Waals surface area contributed by atoms with Crippen LogP contribution in [-0.2, 0) is 0 Å². The van der Waals surface area contributed by atoms with E-state index in [1.165, 1.54) is 12.8 Å². The molecule has 0 spiro atoms. The van der Waals surface area contributed by atoms with Gasteiger partial charge in [0.25, 0.3) is 0 Å². The minimum Gasteiger partial charge on any atom is -0.491 e. The highest BCUT2D eigenvalue weighted by Gasteiger charge is 2.33. The first-order valence-corrected chi connectivity index (χ1v) is 7.57. The normalized spacial score (nSPS) is 17.1. The molecule has 1 aromatic carbocycles. The highest BCUT2D eigenvalue weighted by molar-refractivity contribution is 5.72. The predicted octanol–water partition coefficient (Wildman–Crippen LogP) is 3.02. The van der Waals surface area contributed by atoms with Crippen molar-refractivity contribution < 1.29 is 9.84 Å². The second kappa shape index (κ2) is 6.84. The highest BCUT2D eigenvalue weighted by Crippen LogP contribution is 2.38. The van der Waals surface area contributed by atoms with Crippen molar-refractivity contribution in [1.29, 1.82) is 0 Å². The van der Waals surface area contributed by atoms with Crippen molar-refractivity contribution in [3.8, 4) is 5.75 Å². The van der Waals surface area contributed by atoms with Crippen molar-refractivity contribution in [2.75, 3.05) is 30.8 Å². The number of hydrogen-bond acceptors (Lipinski definition) is 4. The maximum absolute atomic E-state index is 9.64. The molecule has 112 valence electrons. The number of ether oxygens (including phenoxy) is 1. The number of para-hydroxylation sites is 1. The topological polar surface area (TPSA) is 67.5 Å². The van der Waals surface area contributed by atoms with Crippen molar-refractivity contribution >= 4 is 11.4 Å². The minimum absolute atomic E-state index is 0.0206. The van der Waals surface area contributed by atoms with Crippen molar-refractivity contribution in [3.05, 3.63) is 18.2 Å². The Labute approximate surface area is 121 Å². The van der Waals surface area contributed by atoms with Gasteiger partial charge in [0.1, 0.15) is 5.75 Å². The monoisotopic (exact) mass is 278 g/mol. The molecule has 20 heavy (non-hydrogen) atoms. The van der Waals surface area contributed by atoms with Crippen LogP contribution < -0.4 is 15.8 Å². The van der Waals surface area contributed by atoms with Gasteiger partial charge in [0.15, 0.2) is 0 Å². The van der Waals surface area contributed by atoms with E-state index in [9.17, 15) is 5.11 Å². The van der Waals surface area contributed by atoms with Crippen LogP contribution in [0.1, 0.15) is 39.0 Å². The Hall–Kier alpha value is -1.42.